The summed E-state index contributed by atoms with van der Waals surface area (Å²) in [7, 11) is 0. The van der Waals surface area contributed by atoms with Gasteiger partial charge in [0.25, 0.3) is 0 Å². The molecule has 0 spiro atoms. The summed E-state index contributed by atoms with van der Waals surface area (Å²) in [4.78, 5) is 12.0. The third-order valence-corrected chi connectivity index (χ3v) is 5.49. The van der Waals surface area contributed by atoms with E-state index in [2.05, 4.69) is 6.07 Å². The SMILES string of the molecule is CC(C)c1c[c]c2c3c(C(N)=O)cccc3n(Cc3c(F)cccc3C(F)(F)F)c2c1. The summed E-state index contributed by atoms with van der Waals surface area (Å²) in [6.45, 7) is 3.60. The summed E-state index contributed by atoms with van der Waals surface area (Å²) < 4.78 is 56.9. The Morgan fingerprint density at radius 3 is 2.48 bits per heavy atom. The zero-order valence-corrected chi connectivity index (χ0v) is 16.8. The highest BCUT2D eigenvalue weighted by atomic mass is 19.4. The van der Waals surface area contributed by atoms with E-state index in [1.54, 1.807) is 28.8 Å². The molecule has 1 amide bonds. The number of benzene rings is 3. The lowest BCUT2D eigenvalue weighted by Gasteiger charge is -2.16. The molecule has 7 heteroatoms. The van der Waals surface area contributed by atoms with E-state index in [1.165, 1.54) is 0 Å². The second-order valence-electron chi connectivity index (χ2n) is 7.76. The van der Waals surface area contributed by atoms with E-state index in [4.69, 9.17) is 5.73 Å². The molecule has 0 unspecified atom stereocenters. The molecule has 3 aromatic carbocycles. The van der Waals surface area contributed by atoms with E-state index in [0.717, 1.165) is 23.8 Å². The van der Waals surface area contributed by atoms with E-state index in [1.807, 2.05) is 19.9 Å². The summed E-state index contributed by atoms with van der Waals surface area (Å²) in [6, 6.07) is 14.6. The number of hydrogen-bond acceptors (Lipinski definition) is 1. The maximum Gasteiger partial charge on any atom is 0.416 e. The number of hydrogen-bond donors (Lipinski definition) is 1. The molecule has 0 aliphatic carbocycles. The van der Waals surface area contributed by atoms with Crippen molar-refractivity contribution < 1.29 is 22.4 Å². The molecule has 1 radical (unpaired) electrons. The van der Waals surface area contributed by atoms with Crippen molar-refractivity contribution in [2.24, 2.45) is 5.73 Å². The molecule has 0 atom stereocenters. The number of nitrogens with two attached hydrogens (primary N) is 1. The van der Waals surface area contributed by atoms with Crippen molar-refractivity contribution in [1.29, 1.82) is 0 Å². The molecule has 0 fully saturated rings. The number of alkyl halides is 3. The number of halogens is 4. The van der Waals surface area contributed by atoms with Crippen LogP contribution in [0.4, 0.5) is 17.6 Å². The van der Waals surface area contributed by atoms with Crippen LogP contribution in [-0.2, 0) is 12.7 Å². The fourth-order valence-corrected chi connectivity index (χ4v) is 3.92. The fourth-order valence-electron chi connectivity index (χ4n) is 3.92. The van der Waals surface area contributed by atoms with E-state index in [0.29, 0.717) is 21.8 Å². The van der Waals surface area contributed by atoms with Crippen molar-refractivity contribution in [3.8, 4) is 0 Å². The number of carbonyl (C=O) groups is 1. The minimum absolute atomic E-state index is 0.141. The van der Waals surface area contributed by atoms with Gasteiger partial charge in [-0.25, -0.2) is 4.39 Å². The van der Waals surface area contributed by atoms with Crippen LogP contribution in [0.1, 0.15) is 46.8 Å². The van der Waals surface area contributed by atoms with Crippen LogP contribution in [0.25, 0.3) is 21.8 Å². The molecule has 4 aromatic rings. The smallest absolute Gasteiger partial charge is 0.366 e. The Morgan fingerprint density at radius 2 is 1.84 bits per heavy atom. The molecule has 0 bridgehead atoms. The van der Waals surface area contributed by atoms with E-state index in [-0.39, 0.29) is 18.0 Å². The first-order valence-corrected chi connectivity index (χ1v) is 9.70. The van der Waals surface area contributed by atoms with Crippen LogP contribution in [0, 0.1) is 11.9 Å². The quantitative estimate of drug-likeness (QED) is 0.398. The molecule has 0 aliphatic rings. The summed E-state index contributed by atoms with van der Waals surface area (Å²) >= 11 is 0. The molecule has 1 aromatic heterocycles. The Labute approximate surface area is 176 Å². The van der Waals surface area contributed by atoms with Crippen molar-refractivity contribution in [3.63, 3.8) is 0 Å². The maximum absolute atomic E-state index is 14.6. The minimum atomic E-state index is -4.70. The minimum Gasteiger partial charge on any atom is -0.366 e. The van der Waals surface area contributed by atoms with Gasteiger partial charge in [0.2, 0.25) is 5.91 Å². The lowest BCUT2D eigenvalue weighted by atomic mass is 10.00. The monoisotopic (exact) mass is 427 g/mol. The topological polar surface area (TPSA) is 48.0 Å². The predicted octanol–water partition coefficient (Wildman–Crippen LogP) is 6.02. The number of aromatic nitrogens is 1. The van der Waals surface area contributed by atoms with Crippen LogP contribution < -0.4 is 5.73 Å². The number of primary amides is 1. The lowest BCUT2D eigenvalue weighted by Crippen LogP contribution is -2.14. The number of carbonyl (C=O) groups excluding carboxylic acids is 1. The van der Waals surface area contributed by atoms with Crippen molar-refractivity contribution >= 4 is 27.7 Å². The molecule has 0 saturated carbocycles. The molecule has 1 heterocycles. The van der Waals surface area contributed by atoms with Crippen LogP contribution >= 0.6 is 0 Å². The molecule has 4 rings (SSSR count). The largest absolute Gasteiger partial charge is 0.416 e. The van der Waals surface area contributed by atoms with Gasteiger partial charge in [0.05, 0.1) is 23.1 Å². The van der Waals surface area contributed by atoms with Gasteiger partial charge < -0.3 is 10.3 Å². The summed E-state index contributed by atoms with van der Waals surface area (Å²) in [5, 5.41) is 1.05. The third kappa shape index (κ3) is 3.54. The first kappa shape index (κ1) is 20.9. The zero-order valence-electron chi connectivity index (χ0n) is 16.8. The van der Waals surface area contributed by atoms with Gasteiger partial charge in [-0.05, 0) is 47.9 Å². The second kappa shape index (κ2) is 7.41. The molecule has 159 valence electrons. The van der Waals surface area contributed by atoms with Crippen molar-refractivity contribution in [2.75, 3.05) is 0 Å². The van der Waals surface area contributed by atoms with Gasteiger partial charge in [0, 0.05) is 21.9 Å². The molecule has 0 aliphatic heterocycles. The fraction of sp³-hybridized carbons (Fsp3) is 0.208. The molecular formula is C24H19F4N2O. The van der Waals surface area contributed by atoms with Gasteiger partial charge >= 0.3 is 6.18 Å². The number of nitrogens with zero attached hydrogens (tertiary/aromatic N) is 1. The van der Waals surface area contributed by atoms with Crippen LogP contribution in [0.5, 0.6) is 0 Å². The van der Waals surface area contributed by atoms with E-state index >= 15 is 0 Å². The Hall–Kier alpha value is -3.35. The average molecular weight is 427 g/mol. The average Bonchev–Trinajstić information content (AvgIpc) is 3.01. The predicted molar refractivity (Wildman–Crippen MR) is 111 cm³/mol. The van der Waals surface area contributed by atoms with Crippen LogP contribution in [0.15, 0.2) is 48.5 Å². The van der Waals surface area contributed by atoms with Gasteiger partial charge in [0.1, 0.15) is 5.82 Å². The number of amides is 1. The standard InChI is InChI=1S/C24H19F4N2O/c1-13(2)14-9-10-15-21(11-14)30(20-8-3-5-16(22(15)20)23(29)31)12-17-18(24(26,27)28)6-4-7-19(17)25/h3-9,11,13H,12H2,1-2H3,(H2,29,31). The lowest BCUT2D eigenvalue weighted by molar-refractivity contribution is -0.138. The summed E-state index contributed by atoms with van der Waals surface area (Å²) in [6.07, 6.45) is -4.70. The van der Waals surface area contributed by atoms with Crippen LogP contribution in [-0.4, -0.2) is 10.5 Å². The molecule has 2 N–H and O–H groups in total. The Morgan fingerprint density at radius 1 is 1.13 bits per heavy atom. The highest BCUT2D eigenvalue weighted by Gasteiger charge is 2.34. The Balaban J connectivity index is 2.07. The normalized spacial score (nSPS) is 12.2. The molecule has 31 heavy (non-hydrogen) atoms. The molecule has 3 nitrogen and oxygen atoms in total. The number of fused-ring (bicyclic) bond motifs is 3. The summed E-state index contributed by atoms with van der Waals surface area (Å²) in [5.41, 5.74) is 6.25. The van der Waals surface area contributed by atoms with Crippen molar-refractivity contribution in [3.05, 3.63) is 82.7 Å². The highest BCUT2D eigenvalue weighted by Crippen LogP contribution is 2.37. The van der Waals surface area contributed by atoms with Gasteiger partial charge in [-0.15, -0.1) is 0 Å². The Bertz CT molecular complexity index is 1320. The van der Waals surface area contributed by atoms with E-state index < -0.39 is 29.0 Å². The Kier molecular flexibility index (Phi) is 5.00. The van der Waals surface area contributed by atoms with Crippen LogP contribution in [0.2, 0.25) is 0 Å². The highest BCUT2D eigenvalue weighted by molar-refractivity contribution is 6.17. The zero-order chi connectivity index (χ0) is 22.5. The molecule has 0 saturated heterocycles. The van der Waals surface area contributed by atoms with Gasteiger partial charge in [-0.2, -0.15) is 13.2 Å². The maximum atomic E-state index is 14.6. The second-order valence-corrected chi connectivity index (χ2v) is 7.76. The molecular weight excluding hydrogens is 408 g/mol. The first-order valence-electron chi connectivity index (χ1n) is 9.70. The van der Waals surface area contributed by atoms with Crippen LogP contribution in [0.3, 0.4) is 0 Å². The van der Waals surface area contributed by atoms with E-state index in [9.17, 15) is 22.4 Å². The first-order chi connectivity index (χ1) is 14.6. The van der Waals surface area contributed by atoms with Crippen molar-refractivity contribution in [2.45, 2.75) is 32.5 Å². The number of rotatable bonds is 4. The third-order valence-electron chi connectivity index (χ3n) is 5.49. The van der Waals surface area contributed by atoms with Gasteiger partial charge in [-0.3, -0.25) is 4.79 Å². The summed E-state index contributed by atoms with van der Waals surface area (Å²) in [5.74, 6) is -1.46. The van der Waals surface area contributed by atoms with Crippen molar-refractivity contribution in [1.82, 2.24) is 4.57 Å². The van der Waals surface area contributed by atoms with Gasteiger partial charge in [-0.1, -0.05) is 32.0 Å². The van der Waals surface area contributed by atoms with Gasteiger partial charge in [0.15, 0.2) is 0 Å².